The van der Waals surface area contributed by atoms with E-state index < -0.39 is 11.9 Å². The number of rotatable bonds is 0. The summed E-state index contributed by atoms with van der Waals surface area (Å²) in [6.07, 6.45) is -0.196. The fourth-order valence-corrected chi connectivity index (χ4v) is 0.421. The Hall–Kier alpha value is -1.36. The first-order chi connectivity index (χ1) is 4.70. The lowest BCUT2D eigenvalue weighted by molar-refractivity contribution is -0.454. The summed E-state index contributed by atoms with van der Waals surface area (Å²) >= 11 is 0. The van der Waals surface area contributed by atoms with Crippen LogP contribution in [-0.2, 0) is 24.4 Å². The van der Waals surface area contributed by atoms with Crippen LogP contribution in [0.1, 0.15) is 6.42 Å². The third kappa shape index (κ3) is 1.32. The predicted molar refractivity (Wildman–Crippen MR) is 27.0 cm³/mol. The van der Waals surface area contributed by atoms with Gasteiger partial charge in [-0.15, -0.1) is 0 Å². The number of hydrogen-bond donors (Lipinski definition) is 0. The van der Waals surface area contributed by atoms with Gasteiger partial charge in [0.2, 0.25) is 0 Å². The summed E-state index contributed by atoms with van der Waals surface area (Å²) in [6, 6.07) is 0. The minimum absolute atomic E-state index is 0.0162. The van der Waals surface area contributed by atoms with Gasteiger partial charge in [-0.1, -0.05) is 6.58 Å². The van der Waals surface area contributed by atoms with Gasteiger partial charge >= 0.3 is 11.9 Å². The molecule has 1 saturated heterocycles. The molecule has 0 N–H and O–H groups in total. The molecule has 1 aliphatic rings. The molecule has 0 aromatic heterocycles. The zero-order valence-electron chi connectivity index (χ0n) is 4.96. The van der Waals surface area contributed by atoms with E-state index in [9.17, 15) is 9.59 Å². The predicted octanol–water partition coefficient (Wildman–Crippen LogP) is -0.121. The molecule has 0 spiro atoms. The van der Waals surface area contributed by atoms with Gasteiger partial charge in [-0.3, -0.25) is 9.78 Å². The van der Waals surface area contributed by atoms with Crippen molar-refractivity contribution in [2.24, 2.45) is 0 Å². The maximum Gasteiger partial charge on any atom is 0.373 e. The van der Waals surface area contributed by atoms with Crippen LogP contribution in [-0.4, -0.2) is 11.9 Å². The molecule has 1 aliphatic heterocycles. The molecule has 1 rings (SSSR count). The van der Waals surface area contributed by atoms with Gasteiger partial charge in [0.05, 0.1) is 6.42 Å². The van der Waals surface area contributed by atoms with Gasteiger partial charge in [-0.25, -0.2) is 9.59 Å². The molecule has 0 aromatic rings. The van der Waals surface area contributed by atoms with Crippen molar-refractivity contribution in [3.05, 3.63) is 12.2 Å². The fourth-order valence-electron chi connectivity index (χ4n) is 0.421. The van der Waals surface area contributed by atoms with E-state index in [-0.39, 0.29) is 12.0 Å². The summed E-state index contributed by atoms with van der Waals surface area (Å²) in [4.78, 5) is 28.7. The standard InChI is InChI=1S/C5H4O5/c1-3-2-4(6)8-10-9-5(3)7/h1-2H2. The first kappa shape index (κ1) is 6.76. The minimum atomic E-state index is -0.786. The zero-order chi connectivity index (χ0) is 7.56. The molecule has 0 bridgehead atoms. The molecule has 5 nitrogen and oxygen atoms in total. The lowest BCUT2D eigenvalue weighted by atomic mass is 10.2. The van der Waals surface area contributed by atoms with Gasteiger partial charge in [0.15, 0.2) is 0 Å². The molecule has 1 fully saturated rings. The van der Waals surface area contributed by atoms with E-state index in [1.165, 1.54) is 0 Å². The van der Waals surface area contributed by atoms with Crippen molar-refractivity contribution in [2.45, 2.75) is 6.42 Å². The molecule has 10 heavy (non-hydrogen) atoms. The highest BCUT2D eigenvalue weighted by molar-refractivity contribution is 5.93. The van der Waals surface area contributed by atoms with Crippen LogP contribution in [0.2, 0.25) is 0 Å². The minimum Gasteiger partial charge on any atom is -0.259 e. The molecular formula is C5H4O5. The Kier molecular flexibility index (Phi) is 1.68. The van der Waals surface area contributed by atoms with Crippen LogP contribution in [0.5, 0.6) is 0 Å². The Balaban J connectivity index is 2.66. The molecule has 5 heteroatoms. The molecule has 0 radical (unpaired) electrons. The molecule has 0 saturated carbocycles. The average molecular weight is 144 g/mol. The first-order valence-electron chi connectivity index (χ1n) is 2.46. The summed E-state index contributed by atoms with van der Waals surface area (Å²) in [7, 11) is 0. The molecule has 0 atom stereocenters. The zero-order valence-corrected chi connectivity index (χ0v) is 4.96. The third-order valence-electron chi connectivity index (χ3n) is 0.883. The largest absolute Gasteiger partial charge is 0.373 e. The van der Waals surface area contributed by atoms with Crippen molar-refractivity contribution in [3.63, 3.8) is 0 Å². The van der Waals surface area contributed by atoms with Crippen molar-refractivity contribution < 1.29 is 24.4 Å². The fraction of sp³-hybridized carbons (Fsp3) is 0.200. The second-order valence-electron chi connectivity index (χ2n) is 1.67. The second kappa shape index (κ2) is 2.49. The molecule has 0 aliphatic carbocycles. The van der Waals surface area contributed by atoms with Crippen molar-refractivity contribution in [1.82, 2.24) is 0 Å². The van der Waals surface area contributed by atoms with Gasteiger partial charge in [-0.2, -0.15) is 0 Å². The normalized spacial score (nSPS) is 19.4. The smallest absolute Gasteiger partial charge is 0.259 e. The van der Waals surface area contributed by atoms with Gasteiger partial charge in [-0.05, 0) is 0 Å². The maximum absolute atomic E-state index is 10.5. The van der Waals surface area contributed by atoms with E-state index in [2.05, 4.69) is 21.4 Å². The third-order valence-corrected chi connectivity index (χ3v) is 0.883. The van der Waals surface area contributed by atoms with Crippen LogP contribution in [0, 0.1) is 0 Å². The SMILES string of the molecule is C=C1CC(=O)OOOC1=O. The summed E-state index contributed by atoms with van der Waals surface area (Å²) in [5.41, 5.74) is 0.0162. The number of hydrogen-bond acceptors (Lipinski definition) is 5. The molecule has 0 aromatic carbocycles. The molecule has 0 amide bonds. The average Bonchev–Trinajstić information content (AvgIpc) is 1.96. The molecule has 54 valence electrons. The summed E-state index contributed by atoms with van der Waals surface area (Å²) in [5.74, 6) is -1.48. The van der Waals surface area contributed by atoms with E-state index in [1.807, 2.05) is 0 Å². The van der Waals surface area contributed by atoms with Crippen LogP contribution in [0.3, 0.4) is 0 Å². The van der Waals surface area contributed by atoms with E-state index in [0.29, 0.717) is 0 Å². The Morgan fingerprint density at radius 3 is 2.70 bits per heavy atom. The highest BCUT2D eigenvalue weighted by Gasteiger charge is 2.20. The number of carbonyl (C=O) groups excluding carboxylic acids is 2. The lowest BCUT2D eigenvalue weighted by Gasteiger charge is -1.91. The highest BCUT2D eigenvalue weighted by atomic mass is 17.5. The van der Waals surface area contributed by atoms with Crippen LogP contribution >= 0.6 is 0 Å². The number of carbonyl (C=O) groups is 2. The Morgan fingerprint density at radius 2 is 2.00 bits per heavy atom. The quantitative estimate of drug-likeness (QED) is 0.350. The van der Waals surface area contributed by atoms with Crippen molar-refractivity contribution >= 4 is 11.9 Å². The first-order valence-corrected chi connectivity index (χ1v) is 2.46. The summed E-state index contributed by atoms with van der Waals surface area (Å²) in [5, 5.41) is 3.73. The molecule has 0 unspecified atom stereocenters. The van der Waals surface area contributed by atoms with E-state index >= 15 is 0 Å². The Morgan fingerprint density at radius 1 is 1.30 bits per heavy atom. The topological polar surface area (TPSA) is 61.8 Å². The van der Waals surface area contributed by atoms with Crippen molar-refractivity contribution in [2.75, 3.05) is 0 Å². The van der Waals surface area contributed by atoms with E-state index in [0.717, 1.165) is 0 Å². The summed E-state index contributed by atoms with van der Waals surface area (Å²) in [6.45, 7) is 3.25. The van der Waals surface area contributed by atoms with Crippen LogP contribution in [0.15, 0.2) is 12.2 Å². The monoisotopic (exact) mass is 144 g/mol. The Bertz CT molecular complexity index is 194. The van der Waals surface area contributed by atoms with Gasteiger partial charge in [0.25, 0.3) is 0 Å². The Labute approximate surface area is 56.0 Å². The molecular weight excluding hydrogens is 140 g/mol. The van der Waals surface area contributed by atoms with Gasteiger partial charge in [0, 0.05) is 10.6 Å². The summed E-state index contributed by atoms with van der Waals surface area (Å²) < 4.78 is 0. The molecule has 1 heterocycles. The highest BCUT2D eigenvalue weighted by Crippen LogP contribution is 2.07. The van der Waals surface area contributed by atoms with Crippen molar-refractivity contribution in [1.29, 1.82) is 0 Å². The van der Waals surface area contributed by atoms with Gasteiger partial charge in [0.1, 0.15) is 0 Å². The van der Waals surface area contributed by atoms with Crippen molar-refractivity contribution in [3.8, 4) is 0 Å². The van der Waals surface area contributed by atoms with Crippen LogP contribution in [0.4, 0.5) is 0 Å². The van der Waals surface area contributed by atoms with Crippen LogP contribution in [0.25, 0.3) is 0 Å². The lowest BCUT2D eigenvalue weighted by Crippen LogP contribution is -2.02. The maximum atomic E-state index is 10.5. The van der Waals surface area contributed by atoms with Gasteiger partial charge < -0.3 is 0 Å². The second-order valence-corrected chi connectivity index (χ2v) is 1.67. The van der Waals surface area contributed by atoms with E-state index in [1.54, 1.807) is 0 Å². The van der Waals surface area contributed by atoms with Crippen LogP contribution < -0.4 is 0 Å². The van der Waals surface area contributed by atoms with E-state index in [4.69, 9.17) is 0 Å².